The fourth-order valence-electron chi connectivity index (χ4n) is 1.96. The Balaban J connectivity index is 2.20. The Hall–Kier alpha value is -2.07. The maximum Gasteiger partial charge on any atom is 0.272 e. The van der Waals surface area contributed by atoms with Crippen molar-refractivity contribution in [3.63, 3.8) is 0 Å². The number of benzene rings is 1. The predicted octanol–water partition coefficient (Wildman–Crippen LogP) is 3.37. The molecule has 0 aliphatic rings. The van der Waals surface area contributed by atoms with E-state index in [0.29, 0.717) is 22.9 Å². The smallest absolute Gasteiger partial charge is 0.272 e. The monoisotopic (exact) mass is 303 g/mol. The van der Waals surface area contributed by atoms with Gasteiger partial charge in [-0.15, -0.1) is 0 Å². The largest absolute Gasteiger partial charge is 0.399 e. The molecule has 0 saturated heterocycles. The van der Waals surface area contributed by atoms with Gasteiger partial charge in [0.15, 0.2) is 0 Å². The van der Waals surface area contributed by atoms with E-state index in [2.05, 4.69) is 4.98 Å². The number of carbonyl (C=O) groups excluding carboxylic acids is 1. The van der Waals surface area contributed by atoms with Crippen LogP contribution in [-0.4, -0.2) is 21.8 Å². The molecule has 0 radical (unpaired) electrons. The number of pyridine rings is 1. The lowest BCUT2D eigenvalue weighted by atomic mass is 10.1. The molecule has 0 saturated carbocycles. The van der Waals surface area contributed by atoms with E-state index in [4.69, 9.17) is 17.3 Å². The second-order valence-corrected chi connectivity index (χ2v) is 5.57. The summed E-state index contributed by atoms with van der Waals surface area (Å²) in [6.07, 6.45) is 1.48. The van der Waals surface area contributed by atoms with Crippen LogP contribution >= 0.6 is 11.6 Å². The molecule has 0 bridgehead atoms. The van der Waals surface area contributed by atoms with Gasteiger partial charge < -0.3 is 10.6 Å². The van der Waals surface area contributed by atoms with Crippen molar-refractivity contribution in [1.82, 2.24) is 9.88 Å². The third-order valence-corrected chi connectivity index (χ3v) is 3.39. The lowest BCUT2D eigenvalue weighted by Crippen LogP contribution is -2.36. The first-order valence-electron chi connectivity index (χ1n) is 6.74. The van der Waals surface area contributed by atoms with E-state index in [-0.39, 0.29) is 11.9 Å². The Morgan fingerprint density at radius 2 is 1.90 bits per heavy atom. The van der Waals surface area contributed by atoms with Gasteiger partial charge in [0.05, 0.1) is 5.02 Å². The number of nitrogen functional groups attached to an aromatic ring is 1. The number of nitrogens with zero attached hydrogens (tertiary/aromatic N) is 2. The Kier molecular flexibility index (Phi) is 4.81. The number of halogens is 1. The normalized spacial score (nSPS) is 10.7. The molecule has 2 rings (SSSR count). The van der Waals surface area contributed by atoms with Gasteiger partial charge in [0.25, 0.3) is 5.91 Å². The maximum absolute atomic E-state index is 12.6. The van der Waals surface area contributed by atoms with Crippen LogP contribution < -0.4 is 5.73 Å². The van der Waals surface area contributed by atoms with Crippen LogP contribution in [0.1, 0.15) is 29.9 Å². The van der Waals surface area contributed by atoms with Gasteiger partial charge in [-0.05, 0) is 43.7 Å². The summed E-state index contributed by atoms with van der Waals surface area (Å²) >= 11 is 5.80. The Morgan fingerprint density at radius 3 is 2.43 bits per heavy atom. The standard InChI is InChI=1S/C16H18ClN3O/c1-11(2)20(10-12-3-6-14(18)7-4-12)16(21)15-8-5-13(17)9-19-15/h3-9,11H,10,18H2,1-2H3. The van der Waals surface area contributed by atoms with Crippen LogP contribution in [0.15, 0.2) is 42.6 Å². The highest BCUT2D eigenvalue weighted by Gasteiger charge is 2.20. The average molecular weight is 304 g/mol. The van der Waals surface area contributed by atoms with Gasteiger partial charge in [-0.1, -0.05) is 23.7 Å². The minimum atomic E-state index is -0.113. The number of nitrogens with two attached hydrogens (primary N) is 1. The van der Waals surface area contributed by atoms with E-state index >= 15 is 0 Å². The highest BCUT2D eigenvalue weighted by atomic mass is 35.5. The van der Waals surface area contributed by atoms with Crippen LogP contribution in [0.4, 0.5) is 5.69 Å². The molecule has 1 amide bonds. The number of rotatable bonds is 4. The molecule has 1 aromatic carbocycles. The number of aromatic nitrogens is 1. The van der Waals surface area contributed by atoms with Crippen LogP contribution in [0.2, 0.25) is 5.02 Å². The van der Waals surface area contributed by atoms with E-state index in [0.717, 1.165) is 5.56 Å². The van der Waals surface area contributed by atoms with Crippen molar-refractivity contribution in [3.05, 3.63) is 58.9 Å². The lowest BCUT2D eigenvalue weighted by Gasteiger charge is -2.26. The van der Waals surface area contributed by atoms with Crippen molar-refractivity contribution in [1.29, 1.82) is 0 Å². The van der Waals surface area contributed by atoms with Crippen molar-refractivity contribution >= 4 is 23.2 Å². The summed E-state index contributed by atoms with van der Waals surface area (Å²) in [5.41, 5.74) is 7.81. The van der Waals surface area contributed by atoms with E-state index in [1.807, 2.05) is 38.1 Å². The maximum atomic E-state index is 12.6. The van der Waals surface area contributed by atoms with Gasteiger partial charge in [0.2, 0.25) is 0 Å². The summed E-state index contributed by atoms with van der Waals surface area (Å²) < 4.78 is 0. The second kappa shape index (κ2) is 6.59. The molecule has 110 valence electrons. The summed E-state index contributed by atoms with van der Waals surface area (Å²) in [6, 6.07) is 10.9. The fraction of sp³-hybridized carbons (Fsp3) is 0.250. The first-order chi connectivity index (χ1) is 9.97. The molecule has 4 nitrogen and oxygen atoms in total. The molecule has 21 heavy (non-hydrogen) atoms. The molecule has 1 aromatic heterocycles. The van der Waals surface area contributed by atoms with Crippen LogP contribution in [0.25, 0.3) is 0 Å². The minimum absolute atomic E-state index is 0.0625. The SMILES string of the molecule is CC(C)N(Cc1ccc(N)cc1)C(=O)c1ccc(Cl)cn1. The molecule has 2 N–H and O–H groups in total. The van der Waals surface area contributed by atoms with Gasteiger partial charge in [0.1, 0.15) is 5.69 Å². The average Bonchev–Trinajstić information content (AvgIpc) is 2.46. The second-order valence-electron chi connectivity index (χ2n) is 5.13. The summed E-state index contributed by atoms with van der Waals surface area (Å²) in [7, 11) is 0. The van der Waals surface area contributed by atoms with Gasteiger partial charge in [-0.2, -0.15) is 0 Å². The topological polar surface area (TPSA) is 59.2 Å². The van der Waals surface area contributed by atoms with Gasteiger partial charge in [-0.25, -0.2) is 4.98 Å². The summed E-state index contributed by atoms with van der Waals surface area (Å²) in [4.78, 5) is 18.4. The zero-order valence-electron chi connectivity index (χ0n) is 12.1. The summed E-state index contributed by atoms with van der Waals surface area (Å²) in [5, 5.41) is 0.515. The molecular formula is C16H18ClN3O. The quantitative estimate of drug-likeness (QED) is 0.881. The number of anilines is 1. The van der Waals surface area contributed by atoms with Crippen molar-refractivity contribution in [2.24, 2.45) is 0 Å². The van der Waals surface area contributed by atoms with Crippen molar-refractivity contribution in [3.8, 4) is 0 Å². The first kappa shape index (κ1) is 15.3. The van der Waals surface area contributed by atoms with Crippen molar-refractivity contribution < 1.29 is 4.79 Å². The molecule has 0 aliphatic carbocycles. The van der Waals surface area contributed by atoms with Crippen LogP contribution in [0, 0.1) is 0 Å². The highest BCUT2D eigenvalue weighted by Crippen LogP contribution is 2.15. The number of carbonyl (C=O) groups is 1. The van der Waals surface area contributed by atoms with Crippen molar-refractivity contribution in [2.45, 2.75) is 26.4 Å². The van der Waals surface area contributed by atoms with E-state index < -0.39 is 0 Å². The molecule has 2 aromatic rings. The van der Waals surface area contributed by atoms with E-state index in [1.165, 1.54) is 6.20 Å². The van der Waals surface area contributed by atoms with Crippen molar-refractivity contribution in [2.75, 3.05) is 5.73 Å². The van der Waals surface area contributed by atoms with Crippen LogP contribution in [-0.2, 0) is 6.54 Å². The van der Waals surface area contributed by atoms with Crippen LogP contribution in [0.3, 0.4) is 0 Å². The molecule has 0 aliphatic heterocycles. The van der Waals surface area contributed by atoms with E-state index in [1.54, 1.807) is 17.0 Å². The fourth-order valence-corrected chi connectivity index (χ4v) is 2.07. The number of hydrogen-bond donors (Lipinski definition) is 1. The summed E-state index contributed by atoms with van der Waals surface area (Å²) in [5.74, 6) is -0.113. The van der Waals surface area contributed by atoms with Gasteiger partial charge in [0, 0.05) is 24.5 Å². The zero-order valence-corrected chi connectivity index (χ0v) is 12.8. The third-order valence-electron chi connectivity index (χ3n) is 3.16. The molecule has 0 spiro atoms. The summed E-state index contributed by atoms with van der Waals surface area (Å²) in [6.45, 7) is 4.47. The van der Waals surface area contributed by atoms with Gasteiger partial charge in [-0.3, -0.25) is 4.79 Å². The molecule has 0 fully saturated rings. The molecule has 1 heterocycles. The lowest BCUT2D eigenvalue weighted by molar-refractivity contribution is 0.0684. The molecule has 5 heteroatoms. The minimum Gasteiger partial charge on any atom is -0.399 e. The Morgan fingerprint density at radius 1 is 1.24 bits per heavy atom. The van der Waals surface area contributed by atoms with Gasteiger partial charge >= 0.3 is 0 Å². The van der Waals surface area contributed by atoms with E-state index in [9.17, 15) is 4.79 Å². The van der Waals surface area contributed by atoms with Crippen LogP contribution in [0.5, 0.6) is 0 Å². The Bertz CT molecular complexity index is 608. The first-order valence-corrected chi connectivity index (χ1v) is 7.12. The number of amides is 1. The molecule has 0 atom stereocenters. The number of hydrogen-bond acceptors (Lipinski definition) is 3. The highest BCUT2D eigenvalue weighted by molar-refractivity contribution is 6.30. The predicted molar refractivity (Wildman–Crippen MR) is 85.1 cm³/mol. The zero-order chi connectivity index (χ0) is 15.4. The molecular weight excluding hydrogens is 286 g/mol. The Labute approximate surface area is 129 Å². The third kappa shape index (κ3) is 3.95. The molecule has 0 unspecified atom stereocenters.